The zero-order chi connectivity index (χ0) is 34.9. The van der Waals surface area contributed by atoms with E-state index in [1.54, 1.807) is 12.1 Å². The molecule has 0 aliphatic rings. The van der Waals surface area contributed by atoms with Gasteiger partial charge in [-0.3, -0.25) is 0 Å². The largest absolute Gasteiger partial charge is 0.382 e. The van der Waals surface area contributed by atoms with Gasteiger partial charge in [-0.15, -0.1) is 10.2 Å². The fraction of sp³-hybridized carbons (Fsp3) is 0.188. The van der Waals surface area contributed by atoms with Crippen LogP contribution in [-0.4, -0.2) is 42.4 Å². The highest BCUT2D eigenvalue weighted by atomic mass is 35.5. The van der Waals surface area contributed by atoms with E-state index in [-0.39, 0.29) is 50.5 Å². The van der Waals surface area contributed by atoms with E-state index in [2.05, 4.69) is 41.0 Å². The van der Waals surface area contributed by atoms with Crippen LogP contribution >= 0.6 is 23.2 Å². The van der Waals surface area contributed by atoms with Crippen molar-refractivity contribution in [2.45, 2.75) is 39.8 Å². The van der Waals surface area contributed by atoms with Crippen LogP contribution in [-0.2, 0) is 0 Å². The molecule has 0 bridgehead atoms. The summed E-state index contributed by atoms with van der Waals surface area (Å²) in [4.78, 5) is 8.31. The van der Waals surface area contributed by atoms with Crippen molar-refractivity contribution in [1.82, 2.24) is 30.4 Å². The molecule has 248 valence electrons. The van der Waals surface area contributed by atoms with Crippen molar-refractivity contribution in [2.75, 3.05) is 10.6 Å². The monoisotopic (exact) mass is 704 g/mol. The highest BCUT2D eigenvalue weighted by molar-refractivity contribution is 6.38. The van der Waals surface area contributed by atoms with Crippen molar-refractivity contribution in [2.24, 2.45) is 0 Å². The first-order valence-electron chi connectivity index (χ1n) is 14.2. The van der Waals surface area contributed by atoms with Crippen molar-refractivity contribution >= 4 is 56.8 Å². The second-order valence-corrected chi connectivity index (χ2v) is 11.7. The molecule has 48 heavy (non-hydrogen) atoms. The van der Waals surface area contributed by atoms with Crippen molar-refractivity contribution in [3.05, 3.63) is 93.9 Å². The molecule has 0 aliphatic carbocycles. The highest BCUT2D eigenvalue weighted by Gasteiger charge is 2.25. The Morgan fingerprint density at radius 2 is 1.04 bits per heavy atom. The fourth-order valence-electron chi connectivity index (χ4n) is 4.80. The molecule has 8 nitrogen and oxygen atoms in total. The van der Waals surface area contributed by atoms with Gasteiger partial charge >= 0.3 is 0 Å². The zero-order valence-electron chi connectivity index (χ0n) is 25.5. The number of hydrogen-bond acceptors (Lipinski definition) is 8. The van der Waals surface area contributed by atoms with Gasteiger partial charge in [-0.1, -0.05) is 23.2 Å². The summed E-state index contributed by atoms with van der Waals surface area (Å²) in [5, 5.41) is 22.1. The average Bonchev–Trinajstić information content (AvgIpc) is 2.99. The van der Waals surface area contributed by atoms with Crippen LogP contribution in [0.2, 0.25) is 10.2 Å². The van der Waals surface area contributed by atoms with Crippen molar-refractivity contribution in [3.8, 4) is 22.3 Å². The van der Waals surface area contributed by atoms with E-state index < -0.39 is 46.0 Å². The molecule has 2 aromatic carbocycles. The van der Waals surface area contributed by atoms with E-state index in [1.165, 1.54) is 12.4 Å². The minimum absolute atomic E-state index is 0.0147. The molecule has 0 saturated heterocycles. The molecule has 0 fully saturated rings. The molecule has 4 heterocycles. The summed E-state index contributed by atoms with van der Waals surface area (Å²) in [6.07, 6.45) is 2.83. The van der Waals surface area contributed by atoms with E-state index in [0.717, 1.165) is 0 Å². The molecule has 0 aliphatic heterocycles. The van der Waals surface area contributed by atoms with E-state index in [1.807, 2.05) is 27.7 Å². The molecule has 2 N–H and O–H groups in total. The highest BCUT2D eigenvalue weighted by Crippen LogP contribution is 2.42. The fourth-order valence-corrected chi connectivity index (χ4v) is 5.40. The molecule has 0 atom stereocenters. The number of pyridine rings is 2. The zero-order valence-corrected chi connectivity index (χ0v) is 27.0. The topological polar surface area (TPSA) is 101 Å². The summed E-state index contributed by atoms with van der Waals surface area (Å²) in [6, 6.07) is 5.40. The predicted molar refractivity (Wildman–Crippen MR) is 173 cm³/mol. The Hall–Kier alpha value is -4.82. The number of nitrogens with zero attached hydrogens (tertiary/aromatic N) is 6. The number of benzene rings is 2. The Bertz CT molecular complexity index is 2060. The molecule has 0 spiro atoms. The van der Waals surface area contributed by atoms with E-state index in [9.17, 15) is 26.3 Å². The molecular formula is C32H24Cl2F6N8. The number of aromatic nitrogens is 6. The Kier molecular flexibility index (Phi) is 10.2. The predicted octanol–water partition coefficient (Wildman–Crippen LogP) is 9.17. The maximum Gasteiger partial charge on any atom is 0.185 e. The van der Waals surface area contributed by atoms with Crippen LogP contribution < -0.4 is 10.6 Å². The third kappa shape index (κ3) is 7.04. The summed E-state index contributed by atoms with van der Waals surface area (Å²) >= 11 is 12.5. The first-order chi connectivity index (χ1) is 22.8. The van der Waals surface area contributed by atoms with E-state index >= 15 is 0 Å². The van der Waals surface area contributed by atoms with Gasteiger partial charge in [0.15, 0.2) is 11.3 Å². The molecule has 0 saturated carbocycles. The molecule has 6 aromatic rings. The van der Waals surface area contributed by atoms with Crippen molar-refractivity contribution < 1.29 is 26.3 Å². The molecule has 6 rings (SSSR count). The van der Waals surface area contributed by atoms with Crippen LogP contribution in [0.4, 0.5) is 37.8 Å². The van der Waals surface area contributed by atoms with Crippen LogP contribution in [0.15, 0.2) is 48.8 Å². The van der Waals surface area contributed by atoms with Gasteiger partial charge in [-0.25, -0.2) is 36.3 Å². The second kappa shape index (κ2) is 14.1. The summed E-state index contributed by atoms with van der Waals surface area (Å²) in [7, 11) is 0. The van der Waals surface area contributed by atoms with Gasteiger partial charge < -0.3 is 10.6 Å². The number of nitrogens with one attached hydrogen (secondary N) is 2. The average molecular weight is 705 g/mol. The minimum atomic E-state index is -1.07. The molecule has 0 amide bonds. The van der Waals surface area contributed by atoms with E-state index in [4.69, 9.17) is 23.2 Å². The Morgan fingerprint density at radius 3 is 1.54 bits per heavy atom. The minimum Gasteiger partial charge on any atom is -0.382 e. The summed E-state index contributed by atoms with van der Waals surface area (Å²) < 4.78 is 83.5. The van der Waals surface area contributed by atoms with Crippen LogP contribution in [0.1, 0.15) is 27.7 Å². The first-order valence-corrected chi connectivity index (χ1v) is 15.0. The maximum absolute atomic E-state index is 14.3. The van der Waals surface area contributed by atoms with Gasteiger partial charge in [0.05, 0.1) is 34.2 Å². The van der Waals surface area contributed by atoms with Gasteiger partial charge in [0.25, 0.3) is 0 Å². The SMILES string of the molecule is CC(C)Nc1c(-c2c(F)cc(F)cc2F)c(Cl)nc2nnccc12.CC(C)Nc1nc2nnccc2c(Cl)c1-c1c(F)cc(F)cc1F. The standard InChI is InChI=1S/2C16H12ClF3N4/c1-7(2)22-14-9-3-4-21-24-16(9)23-15(17)13(14)12-10(19)5-8(18)6-11(12)20;1-7(2)22-16-13(12-10(19)5-8(18)6-11(12)20)14(17)9-3-4-21-24-15(9)23-16/h2*3-7H,1-2H3,(H,22,23,24). The molecule has 0 radical (unpaired) electrons. The van der Waals surface area contributed by atoms with Gasteiger partial charge in [0.2, 0.25) is 0 Å². The van der Waals surface area contributed by atoms with Crippen LogP contribution in [0.3, 0.4) is 0 Å². The molecule has 4 aromatic heterocycles. The Balaban J connectivity index is 0.000000188. The second-order valence-electron chi connectivity index (χ2n) is 10.9. The molecular weight excluding hydrogens is 681 g/mol. The van der Waals surface area contributed by atoms with E-state index in [0.29, 0.717) is 40.7 Å². The number of rotatable bonds is 6. The van der Waals surface area contributed by atoms with Crippen molar-refractivity contribution in [3.63, 3.8) is 0 Å². The quantitative estimate of drug-likeness (QED) is 0.131. The Morgan fingerprint density at radius 1 is 0.583 bits per heavy atom. The summed E-state index contributed by atoms with van der Waals surface area (Å²) in [6.45, 7) is 7.38. The smallest absolute Gasteiger partial charge is 0.185 e. The lowest BCUT2D eigenvalue weighted by Crippen LogP contribution is -2.13. The van der Waals surface area contributed by atoms with Gasteiger partial charge in [-0.2, -0.15) is 10.2 Å². The van der Waals surface area contributed by atoms with Gasteiger partial charge in [0, 0.05) is 58.2 Å². The van der Waals surface area contributed by atoms with Crippen LogP contribution in [0.25, 0.3) is 44.3 Å². The first kappa shape index (κ1) is 34.5. The third-order valence-corrected chi connectivity index (χ3v) is 7.28. The van der Waals surface area contributed by atoms with Crippen LogP contribution in [0, 0.1) is 34.9 Å². The summed E-state index contributed by atoms with van der Waals surface area (Å²) in [5.74, 6) is -6.14. The van der Waals surface area contributed by atoms with Crippen molar-refractivity contribution in [1.29, 1.82) is 0 Å². The van der Waals surface area contributed by atoms with Crippen LogP contribution in [0.5, 0.6) is 0 Å². The maximum atomic E-state index is 14.3. The lowest BCUT2D eigenvalue weighted by atomic mass is 10.0. The van der Waals surface area contributed by atoms with Gasteiger partial charge in [0.1, 0.15) is 45.9 Å². The number of hydrogen-bond donors (Lipinski definition) is 2. The van der Waals surface area contributed by atoms with Gasteiger partial charge in [-0.05, 0) is 39.8 Å². The lowest BCUT2D eigenvalue weighted by molar-refractivity contribution is 0.547. The molecule has 0 unspecified atom stereocenters. The summed E-state index contributed by atoms with van der Waals surface area (Å²) in [5.41, 5.74) is -0.0396. The number of fused-ring (bicyclic) bond motifs is 2. The normalized spacial score (nSPS) is 11.3. The third-order valence-electron chi connectivity index (χ3n) is 6.61. The number of halogens is 8. The Labute approximate surface area is 279 Å². The lowest BCUT2D eigenvalue weighted by Gasteiger charge is -2.18. The number of anilines is 2. The molecule has 16 heteroatoms.